The zero-order valence-electron chi connectivity index (χ0n) is 16.6. The average Bonchev–Trinajstić information content (AvgIpc) is 2.70. The van der Waals surface area contributed by atoms with Gasteiger partial charge in [-0.15, -0.1) is 0 Å². The minimum Gasteiger partial charge on any atom is -0.347 e. The lowest BCUT2D eigenvalue weighted by atomic mass is 10.1. The van der Waals surface area contributed by atoms with Crippen LogP contribution in [0, 0.1) is 6.92 Å². The van der Waals surface area contributed by atoms with E-state index in [-0.39, 0.29) is 30.2 Å². The number of aryl methyl sites for hydroxylation is 1. The highest BCUT2D eigenvalue weighted by Crippen LogP contribution is 2.25. The van der Waals surface area contributed by atoms with Gasteiger partial charge in [-0.25, -0.2) is 5.01 Å². The molecule has 1 heterocycles. The van der Waals surface area contributed by atoms with Crippen LogP contribution in [-0.2, 0) is 9.59 Å². The Hall–Kier alpha value is -2.90. The summed E-state index contributed by atoms with van der Waals surface area (Å²) in [5.41, 5.74) is 5.49. The molecule has 1 aliphatic heterocycles. The summed E-state index contributed by atoms with van der Waals surface area (Å²) in [5.74, 6) is -0.511. The summed E-state index contributed by atoms with van der Waals surface area (Å²) in [4.78, 5) is 31.0. The summed E-state index contributed by atoms with van der Waals surface area (Å²) >= 11 is 6.32. The second-order valence-corrected chi connectivity index (χ2v) is 7.46. The number of anilines is 1. The molecule has 0 spiro atoms. The third-order valence-electron chi connectivity index (χ3n) is 4.69. The van der Waals surface area contributed by atoms with Crippen molar-refractivity contribution >= 4 is 34.9 Å². The van der Waals surface area contributed by atoms with E-state index < -0.39 is 0 Å². The Balaban J connectivity index is 1.69. The van der Waals surface area contributed by atoms with Crippen LogP contribution in [-0.4, -0.2) is 49.7 Å². The van der Waals surface area contributed by atoms with Crippen LogP contribution in [0.5, 0.6) is 0 Å². The highest BCUT2D eigenvalue weighted by molar-refractivity contribution is 6.39. The molecule has 0 saturated carbocycles. The van der Waals surface area contributed by atoms with Crippen molar-refractivity contribution in [3.63, 3.8) is 0 Å². The summed E-state index contributed by atoms with van der Waals surface area (Å²) < 4.78 is 0. The summed E-state index contributed by atoms with van der Waals surface area (Å²) in [6, 6.07) is 14.9. The van der Waals surface area contributed by atoms with Crippen molar-refractivity contribution in [3.8, 4) is 0 Å². The quantitative estimate of drug-likeness (QED) is 0.762. The first-order valence-corrected chi connectivity index (χ1v) is 9.64. The number of hydrogen-bond donors (Lipinski definition) is 2. The number of hydrazine groups is 1. The molecule has 29 heavy (non-hydrogen) atoms. The van der Waals surface area contributed by atoms with E-state index in [2.05, 4.69) is 15.7 Å². The maximum atomic E-state index is 12.7. The molecule has 2 amide bonds. The molecule has 0 unspecified atom stereocenters. The van der Waals surface area contributed by atoms with Gasteiger partial charge >= 0.3 is 0 Å². The number of carbonyl (C=O) groups is 2. The molecule has 0 saturated heterocycles. The normalized spacial score (nSPS) is 15.0. The number of amides is 2. The number of benzene rings is 2. The zero-order valence-corrected chi connectivity index (χ0v) is 17.4. The van der Waals surface area contributed by atoms with Gasteiger partial charge in [0.15, 0.2) is 0 Å². The minimum absolute atomic E-state index is 0.0920. The lowest BCUT2D eigenvalue weighted by molar-refractivity contribution is -0.118. The maximum Gasteiger partial charge on any atom is 0.288 e. The molecule has 0 radical (unpaired) electrons. The van der Waals surface area contributed by atoms with E-state index in [4.69, 9.17) is 11.6 Å². The van der Waals surface area contributed by atoms with E-state index in [1.165, 1.54) is 5.01 Å². The Morgan fingerprint density at radius 1 is 1.24 bits per heavy atom. The Labute approximate surface area is 175 Å². The number of aliphatic imine (C=N–C) groups is 1. The lowest BCUT2D eigenvalue weighted by Gasteiger charge is -2.29. The van der Waals surface area contributed by atoms with Gasteiger partial charge in [-0.05, 0) is 44.8 Å². The summed E-state index contributed by atoms with van der Waals surface area (Å²) in [7, 11) is 3.85. The molecule has 3 rings (SSSR count). The van der Waals surface area contributed by atoms with E-state index in [1.807, 2.05) is 74.4 Å². The number of nitrogens with zero attached hydrogens (tertiary/aromatic N) is 3. The maximum absolute atomic E-state index is 12.7. The number of hydrogen-bond acceptors (Lipinski definition) is 5. The highest BCUT2D eigenvalue weighted by Gasteiger charge is 2.26. The van der Waals surface area contributed by atoms with Gasteiger partial charge in [0, 0.05) is 11.6 Å². The van der Waals surface area contributed by atoms with Gasteiger partial charge in [-0.1, -0.05) is 47.5 Å². The number of rotatable bonds is 6. The van der Waals surface area contributed by atoms with Gasteiger partial charge in [0.25, 0.3) is 11.8 Å². The number of nitrogens with one attached hydrogen (secondary N) is 2. The molecule has 152 valence electrons. The fraction of sp³-hybridized carbons (Fsp3) is 0.286. The van der Waals surface area contributed by atoms with Gasteiger partial charge in [0.05, 0.1) is 11.7 Å². The molecule has 0 aliphatic carbocycles. The fourth-order valence-corrected chi connectivity index (χ4v) is 3.30. The predicted molar refractivity (Wildman–Crippen MR) is 115 cm³/mol. The lowest BCUT2D eigenvalue weighted by Crippen LogP contribution is -2.56. The van der Waals surface area contributed by atoms with Crippen LogP contribution in [0.3, 0.4) is 0 Å². The van der Waals surface area contributed by atoms with Crippen molar-refractivity contribution in [2.75, 3.05) is 32.2 Å². The van der Waals surface area contributed by atoms with Crippen molar-refractivity contribution in [3.05, 3.63) is 64.7 Å². The van der Waals surface area contributed by atoms with Gasteiger partial charge in [0.2, 0.25) is 5.84 Å². The number of halogens is 1. The van der Waals surface area contributed by atoms with Crippen LogP contribution in [0.4, 0.5) is 5.69 Å². The second kappa shape index (κ2) is 9.07. The molecule has 8 heteroatoms. The van der Waals surface area contributed by atoms with Crippen LogP contribution in [0.25, 0.3) is 0 Å². The standard InChI is InChI=1S/C21H24ClN5O2/c1-14-8-10-15(11-9-14)27-19(28)13-23-20(25-27)21(29)24-12-18(26(2)3)16-6-4-5-7-17(16)22/h4-11,18H,12-13H2,1-3H3,(H,23,25)(H,24,29)/t18-/m1/s1. The van der Waals surface area contributed by atoms with Crippen molar-refractivity contribution < 1.29 is 9.59 Å². The van der Waals surface area contributed by atoms with Gasteiger partial charge in [-0.3, -0.25) is 20.0 Å². The smallest absolute Gasteiger partial charge is 0.288 e. The van der Waals surface area contributed by atoms with Gasteiger partial charge < -0.3 is 10.2 Å². The molecule has 1 aliphatic rings. The second-order valence-electron chi connectivity index (χ2n) is 7.05. The molecule has 0 fully saturated rings. The molecule has 2 N–H and O–H groups in total. The van der Waals surface area contributed by atoms with Crippen LogP contribution in [0.1, 0.15) is 17.2 Å². The monoisotopic (exact) mass is 413 g/mol. The highest BCUT2D eigenvalue weighted by atomic mass is 35.5. The van der Waals surface area contributed by atoms with Crippen LogP contribution in [0.15, 0.2) is 53.5 Å². The van der Waals surface area contributed by atoms with Crippen LogP contribution >= 0.6 is 11.6 Å². The van der Waals surface area contributed by atoms with E-state index in [0.717, 1.165) is 11.1 Å². The third kappa shape index (κ3) is 4.93. The first kappa shape index (κ1) is 20.8. The van der Waals surface area contributed by atoms with E-state index in [9.17, 15) is 9.59 Å². The Morgan fingerprint density at radius 3 is 2.59 bits per heavy atom. The summed E-state index contributed by atoms with van der Waals surface area (Å²) in [6.45, 7) is 2.22. The SMILES string of the molecule is Cc1ccc(N2NC(C(=O)NC[C@H](c3ccccc3Cl)N(C)C)=NCC2=O)cc1. The van der Waals surface area contributed by atoms with Crippen molar-refractivity contribution in [1.29, 1.82) is 0 Å². The van der Waals surface area contributed by atoms with E-state index in [0.29, 0.717) is 17.3 Å². The zero-order chi connectivity index (χ0) is 21.0. The topological polar surface area (TPSA) is 77.0 Å². The van der Waals surface area contributed by atoms with E-state index in [1.54, 1.807) is 0 Å². The number of likely N-dealkylation sites (N-methyl/N-ethyl adjacent to an activating group) is 1. The van der Waals surface area contributed by atoms with E-state index >= 15 is 0 Å². The molecular formula is C21H24ClN5O2. The van der Waals surface area contributed by atoms with Gasteiger partial charge in [0.1, 0.15) is 6.54 Å². The number of amidine groups is 1. The fourth-order valence-electron chi connectivity index (χ4n) is 3.04. The molecule has 1 atom stereocenters. The molecule has 7 nitrogen and oxygen atoms in total. The third-order valence-corrected chi connectivity index (χ3v) is 5.03. The predicted octanol–water partition coefficient (Wildman–Crippen LogP) is 2.32. The van der Waals surface area contributed by atoms with Crippen LogP contribution < -0.4 is 15.8 Å². The molecular weight excluding hydrogens is 390 g/mol. The van der Waals surface area contributed by atoms with Crippen molar-refractivity contribution in [2.24, 2.45) is 4.99 Å². The first-order valence-electron chi connectivity index (χ1n) is 9.26. The minimum atomic E-state index is -0.381. The summed E-state index contributed by atoms with van der Waals surface area (Å²) in [5, 5.41) is 4.87. The molecule has 0 bridgehead atoms. The Kier molecular flexibility index (Phi) is 6.51. The number of carbonyl (C=O) groups excluding carboxylic acids is 2. The summed E-state index contributed by atoms with van der Waals surface area (Å²) in [6.07, 6.45) is 0. The average molecular weight is 414 g/mol. The Morgan fingerprint density at radius 2 is 1.93 bits per heavy atom. The van der Waals surface area contributed by atoms with Crippen molar-refractivity contribution in [2.45, 2.75) is 13.0 Å². The first-order chi connectivity index (χ1) is 13.9. The molecule has 0 aromatic heterocycles. The van der Waals surface area contributed by atoms with Crippen LogP contribution in [0.2, 0.25) is 5.02 Å². The largest absolute Gasteiger partial charge is 0.347 e. The molecule has 2 aromatic carbocycles. The van der Waals surface area contributed by atoms with Gasteiger partial charge in [-0.2, -0.15) is 0 Å². The Bertz CT molecular complexity index is 927. The molecule has 2 aromatic rings. The van der Waals surface area contributed by atoms with Crippen molar-refractivity contribution in [1.82, 2.24) is 15.6 Å².